The minimum atomic E-state index is -4.91. The van der Waals surface area contributed by atoms with Crippen LogP contribution in [-0.4, -0.2) is 31.8 Å². The van der Waals surface area contributed by atoms with Gasteiger partial charge in [-0.05, 0) is 25.5 Å². The standard InChI is InChI=1S/C12H16F3NO3S/c1-3-11(17,12(13,14)15)8-16-20(18,19)10-6-4-9(2)5-7-10/h4-7,16-17H,3,8H2,1-2H3/t11-/m1/s1. The molecule has 0 aliphatic heterocycles. The molecule has 8 heteroatoms. The maximum atomic E-state index is 12.7. The Morgan fingerprint density at radius 2 is 1.70 bits per heavy atom. The predicted molar refractivity (Wildman–Crippen MR) is 67.7 cm³/mol. The second-order valence-electron chi connectivity index (χ2n) is 4.52. The summed E-state index contributed by atoms with van der Waals surface area (Å²) >= 11 is 0. The highest BCUT2D eigenvalue weighted by Gasteiger charge is 2.52. The third kappa shape index (κ3) is 3.71. The molecule has 0 aromatic heterocycles. The fourth-order valence-corrected chi connectivity index (χ4v) is 2.53. The molecule has 0 heterocycles. The molecule has 0 unspecified atom stereocenters. The van der Waals surface area contributed by atoms with E-state index in [9.17, 15) is 26.7 Å². The van der Waals surface area contributed by atoms with E-state index in [1.54, 1.807) is 11.6 Å². The van der Waals surface area contributed by atoms with E-state index < -0.39 is 34.8 Å². The minimum Gasteiger partial charge on any atom is -0.379 e. The third-order valence-corrected chi connectivity index (χ3v) is 4.42. The molecule has 0 aliphatic rings. The SMILES string of the molecule is CC[C@@](O)(CNS(=O)(=O)c1ccc(C)cc1)C(F)(F)F. The van der Waals surface area contributed by atoms with Gasteiger partial charge in [0.05, 0.1) is 4.90 Å². The largest absolute Gasteiger partial charge is 0.418 e. The first-order valence-electron chi connectivity index (χ1n) is 5.87. The van der Waals surface area contributed by atoms with Crippen LogP contribution in [0.5, 0.6) is 0 Å². The summed E-state index contributed by atoms with van der Waals surface area (Å²) in [6.07, 6.45) is -5.55. The summed E-state index contributed by atoms with van der Waals surface area (Å²) in [5.41, 5.74) is -2.26. The van der Waals surface area contributed by atoms with Gasteiger partial charge in [0.15, 0.2) is 5.60 Å². The second kappa shape index (κ2) is 5.71. The zero-order valence-electron chi connectivity index (χ0n) is 11.0. The zero-order chi connectivity index (χ0) is 15.6. The number of sulfonamides is 1. The first-order chi connectivity index (χ1) is 9.02. The van der Waals surface area contributed by atoms with Crippen LogP contribution in [0, 0.1) is 6.92 Å². The molecular weight excluding hydrogens is 295 g/mol. The van der Waals surface area contributed by atoms with Crippen molar-refractivity contribution in [1.29, 1.82) is 0 Å². The maximum Gasteiger partial charge on any atom is 0.418 e. The summed E-state index contributed by atoms with van der Waals surface area (Å²) in [6, 6.07) is 5.64. The Labute approximate surface area is 115 Å². The lowest BCUT2D eigenvalue weighted by Gasteiger charge is -2.29. The summed E-state index contributed by atoms with van der Waals surface area (Å²) in [6.45, 7) is 1.76. The summed E-state index contributed by atoms with van der Waals surface area (Å²) < 4.78 is 63.4. The Hall–Kier alpha value is -1.12. The normalized spacial score (nSPS) is 15.9. The van der Waals surface area contributed by atoms with Crippen LogP contribution in [0.1, 0.15) is 18.9 Å². The van der Waals surface area contributed by atoms with Crippen LogP contribution < -0.4 is 4.72 Å². The van der Waals surface area contributed by atoms with Crippen molar-refractivity contribution in [3.05, 3.63) is 29.8 Å². The van der Waals surface area contributed by atoms with E-state index in [2.05, 4.69) is 0 Å². The van der Waals surface area contributed by atoms with Gasteiger partial charge in [-0.25, -0.2) is 13.1 Å². The van der Waals surface area contributed by atoms with Crippen LogP contribution in [0.3, 0.4) is 0 Å². The lowest BCUT2D eigenvalue weighted by molar-refractivity contribution is -0.257. The first-order valence-corrected chi connectivity index (χ1v) is 7.35. The van der Waals surface area contributed by atoms with E-state index in [0.717, 1.165) is 12.5 Å². The highest BCUT2D eigenvalue weighted by molar-refractivity contribution is 7.89. The number of halogens is 3. The molecule has 0 amide bonds. The van der Waals surface area contributed by atoms with Crippen molar-refractivity contribution >= 4 is 10.0 Å². The van der Waals surface area contributed by atoms with Crippen molar-refractivity contribution in [2.45, 2.75) is 36.9 Å². The first kappa shape index (κ1) is 16.9. The molecule has 2 N–H and O–H groups in total. The van der Waals surface area contributed by atoms with Gasteiger partial charge < -0.3 is 5.11 Å². The van der Waals surface area contributed by atoms with E-state index in [1.165, 1.54) is 24.3 Å². The molecule has 1 aromatic rings. The number of hydrogen-bond acceptors (Lipinski definition) is 3. The molecule has 0 bridgehead atoms. The lowest BCUT2D eigenvalue weighted by Crippen LogP contribution is -2.53. The molecule has 1 rings (SSSR count). The van der Waals surface area contributed by atoms with E-state index in [-0.39, 0.29) is 4.90 Å². The zero-order valence-corrected chi connectivity index (χ0v) is 11.8. The highest BCUT2D eigenvalue weighted by Crippen LogP contribution is 2.32. The molecule has 0 aliphatic carbocycles. The number of aryl methyl sites for hydroxylation is 1. The van der Waals surface area contributed by atoms with E-state index >= 15 is 0 Å². The molecular formula is C12H16F3NO3S. The molecule has 0 fully saturated rings. The van der Waals surface area contributed by atoms with E-state index in [4.69, 9.17) is 0 Å². The molecule has 0 saturated carbocycles. The van der Waals surface area contributed by atoms with E-state index in [0.29, 0.717) is 0 Å². The van der Waals surface area contributed by atoms with Gasteiger partial charge in [0.2, 0.25) is 10.0 Å². The molecule has 4 nitrogen and oxygen atoms in total. The highest BCUT2D eigenvalue weighted by atomic mass is 32.2. The van der Waals surface area contributed by atoms with E-state index in [1.807, 2.05) is 0 Å². The number of nitrogens with one attached hydrogen (secondary N) is 1. The number of alkyl halides is 3. The third-order valence-electron chi connectivity index (χ3n) is 3.00. The number of benzene rings is 1. The van der Waals surface area contributed by atoms with Crippen LogP contribution in [0.15, 0.2) is 29.2 Å². The van der Waals surface area contributed by atoms with Crippen molar-refractivity contribution in [2.24, 2.45) is 0 Å². The minimum absolute atomic E-state index is 0.149. The second-order valence-corrected chi connectivity index (χ2v) is 6.29. The van der Waals surface area contributed by atoms with Crippen LogP contribution in [0.4, 0.5) is 13.2 Å². The predicted octanol–water partition coefficient (Wildman–Crippen LogP) is 1.98. The molecule has 1 atom stereocenters. The van der Waals surface area contributed by atoms with Crippen LogP contribution in [0.2, 0.25) is 0 Å². The number of aliphatic hydroxyl groups is 1. The van der Waals surface area contributed by atoms with Crippen molar-refractivity contribution in [2.75, 3.05) is 6.54 Å². The van der Waals surface area contributed by atoms with Crippen LogP contribution >= 0.6 is 0 Å². The molecule has 20 heavy (non-hydrogen) atoms. The van der Waals surface area contributed by atoms with Crippen molar-refractivity contribution in [3.63, 3.8) is 0 Å². The Morgan fingerprint density at radius 3 is 2.10 bits per heavy atom. The molecule has 0 saturated heterocycles. The Bertz CT molecular complexity index is 554. The summed E-state index contributed by atoms with van der Waals surface area (Å²) in [4.78, 5) is -0.149. The van der Waals surface area contributed by atoms with Gasteiger partial charge >= 0.3 is 6.18 Å². The summed E-state index contributed by atoms with van der Waals surface area (Å²) in [7, 11) is -4.09. The number of hydrogen-bond donors (Lipinski definition) is 2. The molecule has 1 aromatic carbocycles. The summed E-state index contributed by atoms with van der Waals surface area (Å²) in [5.74, 6) is 0. The molecule has 0 radical (unpaired) electrons. The van der Waals surface area contributed by atoms with Crippen molar-refractivity contribution in [3.8, 4) is 0 Å². The number of rotatable bonds is 5. The van der Waals surface area contributed by atoms with Gasteiger partial charge in [0, 0.05) is 6.54 Å². The quantitative estimate of drug-likeness (QED) is 0.874. The Morgan fingerprint density at radius 1 is 1.20 bits per heavy atom. The van der Waals surface area contributed by atoms with Gasteiger partial charge in [-0.3, -0.25) is 0 Å². The van der Waals surface area contributed by atoms with Gasteiger partial charge in [0.1, 0.15) is 0 Å². The van der Waals surface area contributed by atoms with Gasteiger partial charge in [0.25, 0.3) is 0 Å². The van der Waals surface area contributed by atoms with Gasteiger partial charge in [-0.1, -0.05) is 24.6 Å². The topological polar surface area (TPSA) is 66.4 Å². The summed E-state index contributed by atoms with van der Waals surface area (Å²) in [5, 5.41) is 9.46. The Balaban J connectivity index is 2.90. The Kier molecular flexibility index (Phi) is 4.83. The van der Waals surface area contributed by atoms with Crippen LogP contribution in [-0.2, 0) is 10.0 Å². The fourth-order valence-electron chi connectivity index (χ4n) is 1.44. The monoisotopic (exact) mass is 311 g/mol. The molecule has 114 valence electrons. The fraction of sp³-hybridized carbons (Fsp3) is 0.500. The van der Waals surface area contributed by atoms with Crippen LogP contribution in [0.25, 0.3) is 0 Å². The lowest BCUT2D eigenvalue weighted by atomic mass is 10.0. The van der Waals surface area contributed by atoms with Gasteiger partial charge in [-0.2, -0.15) is 13.2 Å². The average molecular weight is 311 g/mol. The maximum absolute atomic E-state index is 12.7. The molecule has 0 spiro atoms. The van der Waals surface area contributed by atoms with Crippen molar-refractivity contribution in [1.82, 2.24) is 4.72 Å². The average Bonchev–Trinajstić information content (AvgIpc) is 2.35. The smallest absolute Gasteiger partial charge is 0.379 e. The van der Waals surface area contributed by atoms with Crippen molar-refractivity contribution < 1.29 is 26.7 Å². The van der Waals surface area contributed by atoms with Gasteiger partial charge in [-0.15, -0.1) is 0 Å².